The number of benzene rings is 2. The third kappa shape index (κ3) is 6.44. The van der Waals surface area contributed by atoms with Crippen LogP contribution in [0.15, 0.2) is 54.6 Å². The Hall–Kier alpha value is -2.82. The van der Waals surface area contributed by atoms with Gasteiger partial charge in [0.15, 0.2) is 6.61 Å². The van der Waals surface area contributed by atoms with Crippen LogP contribution in [-0.2, 0) is 9.59 Å². The van der Waals surface area contributed by atoms with Gasteiger partial charge in [0.05, 0.1) is 0 Å². The van der Waals surface area contributed by atoms with Gasteiger partial charge in [0.1, 0.15) is 11.8 Å². The van der Waals surface area contributed by atoms with Gasteiger partial charge in [-0.15, -0.1) is 0 Å². The quantitative estimate of drug-likeness (QED) is 0.741. The lowest BCUT2D eigenvalue weighted by Gasteiger charge is -2.22. The molecule has 2 aromatic rings. The Morgan fingerprint density at radius 3 is 2.11 bits per heavy atom. The molecule has 144 valence electrons. The zero-order valence-corrected chi connectivity index (χ0v) is 16.4. The molecule has 27 heavy (non-hydrogen) atoms. The molecule has 2 rings (SSSR count). The topological polar surface area (TPSA) is 67.4 Å². The lowest BCUT2D eigenvalue weighted by molar-refractivity contribution is -0.128. The molecule has 0 radical (unpaired) electrons. The third-order valence-electron chi connectivity index (χ3n) is 4.22. The van der Waals surface area contributed by atoms with Crippen molar-refractivity contribution >= 4 is 17.5 Å². The molecule has 0 aromatic heterocycles. The summed E-state index contributed by atoms with van der Waals surface area (Å²) in [5.74, 6) is 0.421. The van der Waals surface area contributed by atoms with E-state index in [4.69, 9.17) is 4.74 Å². The summed E-state index contributed by atoms with van der Waals surface area (Å²) in [6.45, 7) is 7.89. The smallest absolute Gasteiger partial charge is 0.258 e. The zero-order chi connectivity index (χ0) is 19.8. The minimum absolute atomic E-state index is 0.0550. The summed E-state index contributed by atoms with van der Waals surface area (Å²) < 4.78 is 5.44. The molecule has 1 atom stereocenters. The molecule has 2 amide bonds. The number of rotatable bonds is 8. The minimum Gasteiger partial charge on any atom is -0.484 e. The fourth-order valence-corrected chi connectivity index (χ4v) is 2.59. The lowest BCUT2D eigenvalue weighted by Crippen LogP contribution is -2.48. The molecule has 0 aliphatic heterocycles. The van der Waals surface area contributed by atoms with Gasteiger partial charge in [-0.25, -0.2) is 0 Å². The van der Waals surface area contributed by atoms with Crippen molar-refractivity contribution in [3.8, 4) is 5.75 Å². The second-order valence-corrected chi connectivity index (χ2v) is 7.16. The summed E-state index contributed by atoms with van der Waals surface area (Å²) >= 11 is 0. The molecule has 0 unspecified atom stereocenters. The Labute approximate surface area is 161 Å². The van der Waals surface area contributed by atoms with Crippen LogP contribution < -0.4 is 15.4 Å². The number of amides is 2. The number of hydrogen-bond donors (Lipinski definition) is 2. The maximum Gasteiger partial charge on any atom is 0.258 e. The van der Waals surface area contributed by atoms with E-state index in [9.17, 15) is 9.59 Å². The van der Waals surface area contributed by atoms with Crippen LogP contribution in [0.25, 0.3) is 0 Å². The van der Waals surface area contributed by atoms with Crippen molar-refractivity contribution in [3.05, 3.63) is 60.2 Å². The predicted molar refractivity (Wildman–Crippen MR) is 108 cm³/mol. The summed E-state index contributed by atoms with van der Waals surface area (Å²) in [5, 5.41) is 5.63. The summed E-state index contributed by atoms with van der Waals surface area (Å²) in [6, 6.07) is 16.2. The van der Waals surface area contributed by atoms with Gasteiger partial charge in [-0.1, -0.05) is 58.0 Å². The largest absolute Gasteiger partial charge is 0.484 e. The SMILES string of the molecule is CC(C)c1ccc(NC(=O)[C@H](NC(=O)COc2ccccc2)C(C)C)cc1. The number of carbonyl (C=O) groups is 2. The highest BCUT2D eigenvalue weighted by Crippen LogP contribution is 2.17. The Kier molecular flexibility index (Phi) is 7.41. The molecule has 0 saturated heterocycles. The molecule has 0 bridgehead atoms. The highest BCUT2D eigenvalue weighted by Gasteiger charge is 2.24. The van der Waals surface area contributed by atoms with Crippen LogP contribution in [0, 0.1) is 5.92 Å². The third-order valence-corrected chi connectivity index (χ3v) is 4.22. The molecule has 5 nitrogen and oxygen atoms in total. The van der Waals surface area contributed by atoms with Crippen LogP contribution >= 0.6 is 0 Å². The second-order valence-electron chi connectivity index (χ2n) is 7.16. The van der Waals surface area contributed by atoms with Gasteiger partial charge in [0.25, 0.3) is 5.91 Å². The van der Waals surface area contributed by atoms with E-state index in [1.165, 1.54) is 5.56 Å². The molecule has 2 aromatic carbocycles. The van der Waals surface area contributed by atoms with Crippen LogP contribution in [-0.4, -0.2) is 24.5 Å². The first-order chi connectivity index (χ1) is 12.9. The molecule has 5 heteroatoms. The first kappa shape index (κ1) is 20.5. The van der Waals surface area contributed by atoms with Crippen molar-refractivity contribution in [2.24, 2.45) is 5.92 Å². The van der Waals surface area contributed by atoms with E-state index in [-0.39, 0.29) is 24.3 Å². The number of carbonyl (C=O) groups excluding carboxylic acids is 2. The van der Waals surface area contributed by atoms with E-state index < -0.39 is 6.04 Å². The summed E-state index contributed by atoms with van der Waals surface area (Å²) in [4.78, 5) is 24.8. The number of hydrogen-bond acceptors (Lipinski definition) is 3. The normalized spacial score (nSPS) is 11.9. The van der Waals surface area contributed by atoms with E-state index >= 15 is 0 Å². The zero-order valence-electron chi connectivity index (χ0n) is 16.4. The van der Waals surface area contributed by atoms with Gasteiger partial charge in [-0.05, 0) is 41.7 Å². The van der Waals surface area contributed by atoms with Gasteiger partial charge in [-0.2, -0.15) is 0 Å². The van der Waals surface area contributed by atoms with Crippen molar-refractivity contribution in [2.75, 3.05) is 11.9 Å². The number of ether oxygens (including phenoxy) is 1. The van der Waals surface area contributed by atoms with Crippen LogP contribution in [0.3, 0.4) is 0 Å². The lowest BCUT2D eigenvalue weighted by atomic mass is 10.0. The van der Waals surface area contributed by atoms with Crippen molar-refractivity contribution in [2.45, 2.75) is 39.7 Å². The van der Waals surface area contributed by atoms with Crippen molar-refractivity contribution in [1.29, 1.82) is 0 Å². The predicted octanol–water partition coefficient (Wildman–Crippen LogP) is 3.97. The molecule has 0 aliphatic carbocycles. The Morgan fingerprint density at radius 2 is 1.56 bits per heavy atom. The van der Waals surface area contributed by atoms with E-state index in [0.717, 1.165) is 0 Å². The summed E-state index contributed by atoms with van der Waals surface area (Å²) in [7, 11) is 0. The van der Waals surface area contributed by atoms with E-state index in [0.29, 0.717) is 17.4 Å². The molecule has 0 aliphatic rings. The van der Waals surface area contributed by atoms with Gasteiger partial charge in [0.2, 0.25) is 5.91 Å². The number of nitrogens with one attached hydrogen (secondary N) is 2. The monoisotopic (exact) mass is 368 g/mol. The molecular weight excluding hydrogens is 340 g/mol. The van der Waals surface area contributed by atoms with Crippen LogP contribution in [0.4, 0.5) is 5.69 Å². The summed E-state index contributed by atoms with van der Waals surface area (Å²) in [5.41, 5.74) is 1.92. The maximum absolute atomic E-state index is 12.6. The molecule has 0 saturated carbocycles. The summed E-state index contributed by atoms with van der Waals surface area (Å²) in [6.07, 6.45) is 0. The van der Waals surface area contributed by atoms with E-state index in [1.807, 2.05) is 56.3 Å². The molecule has 0 heterocycles. The number of anilines is 1. The van der Waals surface area contributed by atoms with Gasteiger partial charge in [-0.3, -0.25) is 9.59 Å². The first-order valence-corrected chi connectivity index (χ1v) is 9.25. The standard InChI is InChI=1S/C22H28N2O3/c1-15(2)17-10-12-18(13-11-17)23-22(26)21(16(3)4)24-20(25)14-27-19-8-6-5-7-9-19/h5-13,15-16,21H,14H2,1-4H3,(H,23,26)(H,24,25)/t21-/m1/s1. The van der Waals surface area contributed by atoms with Crippen molar-refractivity contribution < 1.29 is 14.3 Å². The van der Waals surface area contributed by atoms with Crippen LogP contribution in [0.5, 0.6) is 5.75 Å². The van der Waals surface area contributed by atoms with E-state index in [2.05, 4.69) is 24.5 Å². The molecule has 0 fully saturated rings. The Bertz CT molecular complexity index is 740. The fraction of sp³-hybridized carbons (Fsp3) is 0.364. The van der Waals surface area contributed by atoms with Gasteiger partial charge >= 0.3 is 0 Å². The minimum atomic E-state index is -0.637. The van der Waals surface area contributed by atoms with Crippen LogP contribution in [0.1, 0.15) is 39.2 Å². The first-order valence-electron chi connectivity index (χ1n) is 9.25. The average Bonchev–Trinajstić information content (AvgIpc) is 2.65. The van der Waals surface area contributed by atoms with Crippen LogP contribution in [0.2, 0.25) is 0 Å². The van der Waals surface area contributed by atoms with E-state index in [1.54, 1.807) is 12.1 Å². The molecular formula is C22H28N2O3. The van der Waals surface area contributed by atoms with Crippen molar-refractivity contribution in [3.63, 3.8) is 0 Å². The number of para-hydroxylation sites is 1. The Morgan fingerprint density at radius 1 is 0.926 bits per heavy atom. The molecule has 2 N–H and O–H groups in total. The van der Waals surface area contributed by atoms with Gasteiger partial charge < -0.3 is 15.4 Å². The highest BCUT2D eigenvalue weighted by atomic mass is 16.5. The average molecular weight is 368 g/mol. The maximum atomic E-state index is 12.6. The van der Waals surface area contributed by atoms with Gasteiger partial charge in [0, 0.05) is 5.69 Å². The Balaban J connectivity index is 1.92. The molecule has 0 spiro atoms. The highest BCUT2D eigenvalue weighted by molar-refractivity contribution is 5.97. The van der Waals surface area contributed by atoms with Crippen molar-refractivity contribution in [1.82, 2.24) is 5.32 Å². The fourth-order valence-electron chi connectivity index (χ4n) is 2.59. The second kappa shape index (κ2) is 9.76.